The van der Waals surface area contributed by atoms with E-state index >= 15 is 0 Å². The fourth-order valence-corrected chi connectivity index (χ4v) is 4.39. The van der Waals surface area contributed by atoms with E-state index in [1.54, 1.807) is 0 Å². The lowest BCUT2D eigenvalue weighted by atomic mass is 9.80. The van der Waals surface area contributed by atoms with Crippen LogP contribution in [0.4, 0.5) is 17.2 Å². The highest BCUT2D eigenvalue weighted by molar-refractivity contribution is 6.17. The van der Waals surface area contributed by atoms with E-state index in [-0.39, 0.29) is 11.6 Å². The Kier molecular flexibility index (Phi) is 3.32. The van der Waals surface area contributed by atoms with Gasteiger partial charge in [0.2, 0.25) is 0 Å². The fourth-order valence-electron chi connectivity index (χ4n) is 4.39. The molecule has 1 aliphatic heterocycles. The summed E-state index contributed by atoms with van der Waals surface area (Å²) in [5.41, 5.74) is 4.01. The molecular formula is C22H22BN3O. The number of rotatable bonds is 2. The average Bonchev–Trinajstić information content (AvgIpc) is 3.16. The standard InChI is InChI=1S/C22H22BN3O/c1-14-25(18-11-7-13-24-21(18)26(14)22(2,3)23)17-10-6-9-16-15-8-4-5-12-19(15)27-20(16)17/h4-14H,23H2,1-3H3/t14-/m1/s1. The molecule has 4 nitrogen and oxygen atoms in total. The smallest absolute Gasteiger partial charge is 0.159 e. The summed E-state index contributed by atoms with van der Waals surface area (Å²) in [5.74, 6) is 1.02. The molecule has 134 valence electrons. The number of fused-ring (bicyclic) bond motifs is 4. The molecule has 5 heteroatoms. The molecule has 27 heavy (non-hydrogen) atoms. The van der Waals surface area contributed by atoms with Crippen LogP contribution in [0, 0.1) is 0 Å². The molecular weight excluding hydrogens is 333 g/mol. The molecule has 3 heterocycles. The minimum atomic E-state index is -0.0426. The minimum absolute atomic E-state index is 0.0426. The van der Waals surface area contributed by atoms with Crippen LogP contribution in [-0.4, -0.2) is 24.4 Å². The van der Waals surface area contributed by atoms with Gasteiger partial charge >= 0.3 is 0 Å². The van der Waals surface area contributed by atoms with Crippen molar-refractivity contribution >= 4 is 47.0 Å². The van der Waals surface area contributed by atoms with Gasteiger partial charge in [0.15, 0.2) is 11.4 Å². The number of aromatic nitrogens is 1. The van der Waals surface area contributed by atoms with Crippen LogP contribution in [0.15, 0.2) is 65.2 Å². The predicted octanol–water partition coefficient (Wildman–Crippen LogP) is 4.65. The van der Waals surface area contributed by atoms with E-state index in [9.17, 15) is 0 Å². The van der Waals surface area contributed by atoms with Gasteiger partial charge in [0.05, 0.1) is 11.4 Å². The highest BCUT2D eigenvalue weighted by Crippen LogP contribution is 2.47. The Hall–Kier alpha value is -2.95. The van der Waals surface area contributed by atoms with Gasteiger partial charge in [0.1, 0.15) is 19.6 Å². The third kappa shape index (κ3) is 2.27. The van der Waals surface area contributed by atoms with Crippen LogP contribution in [0.25, 0.3) is 21.9 Å². The zero-order chi connectivity index (χ0) is 18.8. The molecule has 0 radical (unpaired) electrons. The predicted molar refractivity (Wildman–Crippen MR) is 115 cm³/mol. The summed E-state index contributed by atoms with van der Waals surface area (Å²) >= 11 is 0. The van der Waals surface area contributed by atoms with Gasteiger partial charge in [-0.05, 0) is 45.0 Å². The summed E-state index contributed by atoms with van der Waals surface area (Å²) in [7, 11) is 2.23. The first-order valence-electron chi connectivity index (χ1n) is 9.40. The van der Waals surface area contributed by atoms with Crippen LogP contribution >= 0.6 is 0 Å². The van der Waals surface area contributed by atoms with Crippen molar-refractivity contribution < 1.29 is 4.42 Å². The lowest BCUT2D eigenvalue weighted by Crippen LogP contribution is -2.51. The number of pyridine rings is 1. The first-order chi connectivity index (χ1) is 13.0. The molecule has 0 saturated heterocycles. The monoisotopic (exact) mass is 355 g/mol. The normalized spacial score (nSPS) is 17.1. The van der Waals surface area contributed by atoms with Crippen molar-refractivity contribution in [3.63, 3.8) is 0 Å². The van der Waals surface area contributed by atoms with Crippen LogP contribution in [0.5, 0.6) is 0 Å². The molecule has 0 N–H and O–H groups in total. The van der Waals surface area contributed by atoms with Gasteiger partial charge in [-0.15, -0.1) is 0 Å². The van der Waals surface area contributed by atoms with E-state index in [0.29, 0.717) is 0 Å². The molecule has 0 fully saturated rings. The van der Waals surface area contributed by atoms with Gasteiger partial charge in [-0.1, -0.05) is 30.3 Å². The van der Waals surface area contributed by atoms with Gasteiger partial charge in [0.25, 0.3) is 0 Å². The first-order valence-corrected chi connectivity index (χ1v) is 9.40. The highest BCUT2D eigenvalue weighted by atomic mass is 16.3. The van der Waals surface area contributed by atoms with E-state index in [1.807, 2.05) is 24.4 Å². The molecule has 2 aromatic heterocycles. The SMILES string of the molecule is BC(C)(C)N1c2ncccc2N(c2cccc3c2oc2ccccc23)[C@H]1C. The summed E-state index contributed by atoms with van der Waals surface area (Å²) in [4.78, 5) is 9.43. The zero-order valence-electron chi connectivity index (χ0n) is 16.1. The summed E-state index contributed by atoms with van der Waals surface area (Å²) in [6.07, 6.45) is 2.00. The molecule has 1 atom stereocenters. The lowest BCUT2D eigenvalue weighted by Gasteiger charge is -2.39. The van der Waals surface area contributed by atoms with Crippen LogP contribution in [-0.2, 0) is 0 Å². The minimum Gasteiger partial charge on any atom is -0.454 e. The Morgan fingerprint density at radius 3 is 2.52 bits per heavy atom. The maximum absolute atomic E-state index is 6.30. The van der Waals surface area contributed by atoms with E-state index in [4.69, 9.17) is 9.40 Å². The van der Waals surface area contributed by atoms with E-state index in [0.717, 1.165) is 39.1 Å². The van der Waals surface area contributed by atoms with Crippen molar-refractivity contribution in [1.82, 2.24) is 4.98 Å². The van der Waals surface area contributed by atoms with E-state index < -0.39 is 0 Å². The van der Waals surface area contributed by atoms with E-state index in [2.05, 4.69) is 74.8 Å². The van der Waals surface area contributed by atoms with E-state index in [1.165, 1.54) is 0 Å². The van der Waals surface area contributed by atoms with Gasteiger partial charge in [-0.25, -0.2) is 4.98 Å². The van der Waals surface area contributed by atoms with Crippen molar-refractivity contribution in [3.05, 3.63) is 60.8 Å². The molecule has 0 unspecified atom stereocenters. The molecule has 1 aliphatic rings. The van der Waals surface area contributed by atoms with Crippen molar-refractivity contribution in [1.29, 1.82) is 0 Å². The molecule has 0 aliphatic carbocycles. The quantitative estimate of drug-likeness (QED) is 0.490. The summed E-state index contributed by atoms with van der Waals surface area (Å²) in [6, 6.07) is 18.8. The maximum Gasteiger partial charge on any atom is 0.159 e. The molecule has 4 aromatic rings. The zero-order valence-corrected chi connectivity index (χ0v) is 16.1. The van der Waals surface area contributed by atoms with Crippen molar-refractivity contribution in [2.75, 3.05) is 9.80 Å². The Morgan fingerprint density at radius 1 is 0.963 bits per heavy atom. The summed E-state index contributed by atoms with van der Waals surface area (Å²) in [6.45, 7) is 6.69. The van der Waals surface area contributed by atoms with Crippen LogP contribution in [0.1, 0.15) is 20.8 Å². The number of anilines is 3. The number of hydrogen-bond acceptors (Lipinski definition) is 4. The maximum atomic E-state index is 6.30. The number of hydrogen-bond donors (Lipinski definition) is 0. The molecule has 5 rings (SSSR count). The highest BCUT2D eigenvalue weighted by Gasteiger charge is 2.41. The Balaban J connectivity index is 1.78. The average molecular weight is 355 g/mol. The largest absolute Gasteiger partial charge is 0.454 e. The molecule has 2 aromatic carbocycles. The Labute approximate surface area is 159 Å². The summed E-state index contributed by atoms with van der Waals surface area (Å²) in [5, 5.41) is 2.30. The molecule has 0 spiro atoms. The van der Waals surface area contributed by atoms with Gasteiger partial charge in [0, 0.05) is 22.4 Å². The third-order valence-electron chi connectivity index (χ3n) is 5.37. The molecule has 0 amide bonds. The lowest BCUT2D eigenvalue weighted by molar-refractivity contribution is 0.555. The molecule has 0 bridgehead atoms. The summed E-state index contributed by atoms with van der Waals surface area (Å²) < 4.78 is 6.30. The van der Waals surface area contributed by atoms with Gasteiger partial charge < -0.3 is 14.2 Å². The van der Waals surface area contributed by atoms with Crippen molar-refractivity contribution in [3.8, 4) is 0 Å². The van der Waals surface area contributed by atoms with Gasteiger partial charge in [-0.2, -0.15) is 0 Å². The van der Waals surface area contributed by atoms with Crippen LogP contribution in [0.2, 0.25) is 0 Å². The topological polar surface area (TPSA) is 32.5 Å². The van der Waals surface area contributed by atoms with Gasteiger partial charge in [-0.3, -0.25) is 0 Å². The fraction of sp³-hybridized carbons (Fsp3) is 0.227. The van der Waals surface area contributed by atoms with Crippen molar-refractivity contribution in [2.24, 2.45) is 0 Å². The van der Waals surface area contributed by atoms with Crippen molar-refractivity contribution in [2.45, 2.75) is 32.4 Å². The second kappa shape index (κ2) is 5.52. The number of nitrogens with zero attached hydrogens (tertiary/aromatic N) is 3. The molecule has 0 saturated carbocycles. The third-order valence-corrected chi connectivity index (χ3v) is 5.37. The number of benzene rings is 2. The second-order valence-electron chi connectivity index (χ2n) is 8.14. The number of furan rings is 1. The van der Waals surface area contributed by atoms with Crippen LogP contribution in [0.3, 0.4) is 0 Å². The Bertz CT molecular complexity index is 1160. The first kappa shape index (κ1) is 16.2. The Morgan fingerprint density at radius 2 is 1.70 bits per heavy atom. The number of para-hydroxylation sites is 2. The second-order valence-corrected chi connectivity index (χ2v) is 8.14. The van der Waals surface area contributed by atoms with Crippen LogP contribution < -0.4 is 9.80 Å².